The summed E-state index contributed by atoms with van der Waals surface area (Å²) in [6.07, 6.45) is 1.22. The van der Waals surface area contributed by atoms with E-state index in [-0.39, 0.29) is 35.7 Å². The van der Waals surface area contributed by atoms with Gasteiger partial charge in [0, 0.05) is 36.0 Å². The normalized spacial score (nSPS) is 11.6. The van der Waals surface area contributed by atoms with Gasteiger partial charge in [0.1, 0.15) is 41.4 Å². The molecule has 0 aliphatic rings. The smallest absolute Gasteiger partial charge is 0.268 e. The molecule has 0 saturated carbocycles. The van der Waals surface area contributed by atoms with Crippen LogP contribution in [0.3, 0.4) is 0 Å². The Labute approximate surface area is 203 Å². The Morgan fingerprint density at radius 3 is 2.22 bits per heavy atom. The second-order valence-corrected chi connectivity index (χ2v) is 9.65. The van der Waals surface area contributed by atoms with Crippen molar-refractivity contribution in [1.82, 2.24) is 9.29 Å². The molecule has 11 heteroatoms. The lowest BCUT2D eigenvalue weighted by molar-refractivity contribution is 0.297. The zero-order valence-corrected chi connectivity index (χ0v) is 19.6. The van der Waals surface area contributed by atoms with Crippen LogP contribution >= 0.6 is 0 Å². The highest BCUT2D eigenvalue weighted by molar-refractivity contribution is 7.90. The van der Waals surface area contributed by atoms with Crippen molar-refractivity contribution in [3.05, 3.63) is 107 Å². The summed E-state index contributed by atoms with van der Waals surface area (Å²) in [7, 11) is -2.88. The molecule has 1 aromatic heterocycles. The predicted octanol–water partition coefficient (Wildman–Crippen LogP) is 5.39. The number of nitrogens with zero attached hydrogens (tertiary/aromatic N) is 1. The van der Waals surface area contributed by atoms with Gasteiger partial charge < -0.3 is 10.1 Å². The minimum absolute atomic E-state index is 0.0106. The number of benzene rings is 3. The lowest BCUT2D eigenvalue weighted by Crippen LogP contribution is -2.14. The molecule has 1 N–H and O–H groups in total. The number of halogens is 5. The first kappa shape index (κ1) is 25.4. The maximum absolute atomic E-state index is 15.1. The van der Waals surface area contributed by atoms with Gasteiger partial charge >= 0.3 is 0 Å². The van der Waals surface area contributed by atoms with Crippen LogP contribution in [0.2, 0.25) is 0 Å². The van der Waals surface area contributed by atoms with Crippen molar-refractivity contribution in [2.75, 3.05) is 7.05 Å². The van der Waals surface area contributed by atoms with Crippen LogP contribution in [0, 0.1) is 29.1 Å². The Hall–Kier alpha value is -3.70. The lowest BCUT2D eigenvalue weighted by atomic mass is 10.1. The molecular weight excluding hydrogens is 503 g/mol. The molecule has 4 aromatic rings. The molecule has 0 radical (unpaired) electrons. The summed E-state index contributed by atoms with van der Waals surface area (Å²) in [5.41, 5.74) is 0.167. The molecule has 0 aliphatic heterocycles. The van der Waals surface area contributed by atoms with Gasteiger partial charge in [0.2, 0.25) is 0 Å². The monoisotopic (exact) mass is 522 g/mol. The first-order valence-corrected chi connectivity index (χ1v) is 12.0. The fraction of sp³-hybridized carbons (Fsp3) is 0.120. The molecule has 0 fully saturated rings. The van der Waals surface area contributed by atoms with Crippen LogP contribution in [-0.4, -0.2) is 19.4 Å². The third kappa shape index (κ3) is 5.26. The van der Waals surface area contributed by atoms with E-state index in [1.807, 2.05) is 0 Å². The molecule has 0 amide bonds. The predicted molar refractivity (Wildman–Crippen MR) is 122 cm³/mol. The van der Waals surface area contributed by atoms with Crippen molar-refractivity contribution in [2.24, 2.45) is 0 Å². The van der Waals surface area contributed by atoms with Gasteiger partial charge in [-0.25, -0.2) is 34.3 Å². The number of hydrogen-bond acceptors (Lipinski definition) is 4. The number of rotatable bonds is 8. The molecule has 0 aliphatic carbocycles. The highest BCUT2D eigenvalue weighted by atomic mass is 32.2. The van der Waals surface area contributed by atoms with Gasteiger partial charge in [-0.3, -0.25) is 0 Å². The summed E-state index contributed by atoms with van der Waals surface area (Å²) in [5.74, 6) is -4.40. The molecule has 188 valence electrons. The van der Waals surface area contributed by atoms with Crippen LogP contribution in [0.1, 0.15) is 11.1 Å². The molecular formula is C25H19F5N2O3S. The fourth-order valence-electron chi connectivity index (χ4n) is 3.59. The number of hydrogen-bond donors (Lipinski definition) is 1. The van der Waals surface area contributed by atoms with Gasteiger partial charge in [0.05, 0.1) is 10.6 Å². The Morgan fingerprint density at radius 2 is 1.56 bits per heavy atom. The van der Waals surface area contributed by atoms with Crippen molar-refractivity contribution >= 4 is 10.0 Å². The average molecular weight is 522 g/mol. The van der Waals surface area contributed by atoms with Crippen molar-refractivity contribution < 1.29 is 35.1 Å². The summed E-state index contributed by atoms with van der Waals surface area (Å²) in [6.45, 7) is -0.139. The summed E-state index contributed by atoms with van der Waals surface area (Å²) in [5, 5.41) is 2.85. The molecule has 1 heterocycles. The first-order valence-electron chi connectivity index (χ1n) is 10.5. The summed E-state index contributed by atoms with van der Waals surface area (Å²) >= 11 is 0. The van der Waals surface area contributed by atoms with Crippen molar-refractivity contribution in [1.29, 1.82) is 0 Å². The second kappa shape index (κ2) is 10.1. The molecule has 36 heavy (non-hydrogen) atoms. The van der Waals surface area contributed by atoms with E-state index in [2.05, 4.69) is 5.32 Å². The number of ether oxygens (including phenoxy) is 1. The van der Waals surface area contributed by atoms with Crippen LogP contribution in [0.5, 0.6) is 5.75 Å². The average Bonchev–Trinajstić information content (AvgIpc) is 3.24. The van der Waals surface area contributed by atoms with E-state index >= 15 is 4.39 Å². The first-order chi connectivity index (χ1) is 17.1. The maximum atomic E-state index is 15.1. The highest BCUT2D eigenvalue weighted by Crippen LogP contribution is 2.32. The summed E-state index contributed by atoms with van der Waals surface area (Å²) < 4.78 is 102. The van der Waals surface area contributed by atoms with Crippen LogP contribution in [0.4, 0.5) is 22.0 Å². The number of aromatic nitrogens is 1. The van der Waals surface area contributed by atoms with E-state index in [0.717, 1.165) is 28.2 Å². The van der Waals surface area contributed by atoms with Crippen molar-refractivity contribution in [2.45, 2.75) is 18.0 Å². The van der Waals surface area contributed by atoms with Gasteiger partial charge in [-0.1, -0.05) is 0 Å². The van der Waals surface area contributed by atoms with Crippen LogP contribution < -0.4 is 10.1 Å². The van der Waals surface area contributed by atoms with Crippen molar-refractivity contribution in [3.63, 3.8) is 0 Å². The van der Waals surface area contributed by atoms with E-state index < -0.39 is 44.0 Å². The fourth-order valence-corrected chi connectivity index (χ4v) is 5.03. The Balaban J connectivity index is 1.71. The second-order valence-electron chi connectivity index (χ2n) is 7.84. The largest absolute Gasteiger partial charge is 0.489 e. The molecule has 0 atom stereocenters. The van der Waals surface area contributed by atoms with E-state index in [1.54, 1.807) is 7.05 Å². The maximum Gasteiger partial charge on any atom is 0.268 e. The van der Waals surface area contributed by atoms with Crippen molar-refractivity contribution in [3.8, 4) is 17.0 Å². The van der Waals surface area contributed by atoms with Gasteiger partial charge in [0.15, 0.2) is 0 Å². The third-order valence-corrected chi connectivity index (χ3v) is 6.89. The Bertz CT molecular complexity index is 1520. The molecule has 3 aromatic carbocycles. The van der Waals surface area contributed by atoms with Gasteiger partial charge in [-0.05, 0) is 61.1 Å². The summed E-state index contributed by atoms with van der Waals surface area (Å²) in [4.78, 5) is -0.648. The zero-order valence-electron chi connectivity index (χ0n) is 18.7. The molecule has 5 nitrogen and oxygen atoms in total. The van der Waals surface area contributed by atoms with E-state index in [4.69, 9.17) is 4.74 Å². The van der Waals surface area contributed by atoms with E-state index in [9.17, 15) is 26.0 Å². The summed E-state index contributed by atoms with van der Waals surface area (Å²) in [6, 6.07) is 9.70. The van der Waals surface area contributed by atoms with Crippen LogP contribution in [0.15, 0.2) is 71.8 Å². The van der Waals surface area contributed by atoms with Crippen LogP contribution in [-0.2, 0) is 23.2 Å². The Morgan fingerprint density at radius 1 is 0.833 bits per heavy atom. The SMILES string of the molecule is CNCc1cc(-c2ccc(OCc3cc(F)ccc3F)cc2F)n(S(=O)(=O)c2cc(F)cc(F)c2)c1. The molecule has 4 rings (SSSR count). The Kier molecular flexibility index (Phi) is 7.14. The topological polar surface area (TPSA) is 60.3 Å². The van der Waals surface area contributed by atoms with E-state index in [1.165, 1.54) is 24.4 Å². The minimum atomic E-state index is -4.51. The van der Waals surface area contributed by atoms with Crippen LogP contribution in [0.25, 0.3) is 11.3 Å². The van der Waals surface area contributed by atoms with E-state index in [0.29, 0.717) is 23.8 Å². The minimum Gasteiger partial charge on any atom is -0.489 e. The van der Waals surface area contributed by atoms with Gasteiger partial charge in [-0.2, -0.15) is 0 Å². The van der Waals surface area contributed by atoms with Gasteiger partial charge in [0.25, 0.3) is 10.0 Å². The standard InChI is InChI=1S/C25H19F5N2O3S/c1-31-12-15-6-25(32(13-15)36(33,34)21-9-18(27)8-19(28)10-21)22-4-3-20(11-24(22)30)35-14-16-7-17(26)2-5-23(16)29/h2-11,13,31H,12,14H2,1H3. The quantitative estimate of drug-likeness (QED) is 0.316. The molecule has 0 saturated heterocycles. The molecule has 0 spiro atoms. The number of nitrogens with one attached hydrogen (secondary N) is 1. The zero-order chi connectivity index (χ0) is 26.0. The highest BCUT2D eigenvalue weighted by Gasteiger charge is 2.25. The lowest BCUT2D eigenvalue weighted by Gasteiger charge is -2.13. The third-order valence-electron chi connectivity index (χ3n) is 5.24. The van der Waals surface area contributed by atoms with Gasteiger partial charge in [-0.15, -0.1) is 0 Å². The molecule has 0 unspecified atom stereocenters. The molecule has 0 bridgehead atoms.